The van der Waals surface area contributed by atoms with E-state index >= 15 is 0 Å². The molecule has 0 saturated heterocycles. The van der Waals surface area contributed by atoms with Crippen LogP contribution in [0.25, 0.3) is 10.9 Å². The van der Waals surface area contributed by atoms with Crippen molar-refractivity contribution in [2.75, 3.05) is 7.11 Å². The zero-order chi connectivity index (χ0) is 20.4. The maximum Gasteiger partial charge on any atom is 1.00 e. The van der Waals surface area contributed by atoms with Gasteiger partial charge in [0.2, 0.25) is 5.91 Å². The topological polar surface area (TPSA) is 94.6 Å². The fraction of sp³-hybridized carbons (Fsp3) is 0.238. The number of hydrogen-bond acceptors (Lipinski definition) is 4. The molecule has 0 spiro atoms. The molecule has 1 atom stereocenters. The van der Waals surface area contributed by atoms with Crippen LogP contribution in [0.1, 0.15) is 29.9 Å². The van der Waals surface area contributed by atoms with E-state index in [1.54, 1.807) is 18.2 Å². The molecule has 0 saturated carbocycles. The van der Waals surface area contributed by atoms with Crippen molar-refractivity contribution in [2.45, 2.75) is 26.0 Å². The van der Waals surface area contributed by atoms with E-state index in [9.17, 15) is 14.7 Å². The Bertz CT molecular complexity index is 1070. The number of halogens is 1. The summed E-state index contributed by atoms with van der Waals surface area (Å²) in [7, 11) is 1.21. The summed E-state index contributed by atoms with van der Waals surface area (Å²) in [5.41, 5.74) is 9.13. The first kappa shape index (κ1) is 23.4. The standard InChI is InChI=1S/C21H21ClN2O4.Na.H/c1-12-16(10-18(23)25)19-15(20(26)21(27)28-2)7-4-8-17(19)24(12)11-13-5-3-6-14(22)9-13;;/h3-9,20,26H,10-11H2,1-2H3,(H2,23,25);;/q;+1;-1. The van der Waals surface area contributed by atoms with Gasteiger partial charge in [0, 0.05) is 33.7 Å². The van der Waals surface area contributed by atoms with Gasteiger partial charge in [-0.05, 0) is 36.2 Å². The summed E-state index contributed by atoms with van der Waals surface area (Å²) >= 11 is 6.11. The molecule has 8 heteroatoms. The van der Waals surface area contributed by atoms with Gasteiger partial charge in [0.05, 0.1) is 13.5 Å². The maximum absolute atomic E-state index is 11.9. The van der Waals surface area contributed by atoms with Gasteiger partial charge in [-0.3, -0.25) is 4.79 Å². The second kappa shape index (κ2) is 9.78. The third-order valence-electron chi connectivity index (χ3n) is 4.81. The Labute approximate surface area is 197 Å². The van der Waals surface area contributed by atoms with E-state index < -0.39 is 18.0 Å². The van der Waals surface area contributed by atoms with Gasteiger partial charge in [0.25, 0.3) is 0 Å². The molecule has 3 rings (SSSR count). The average molecular weight is 425 g/mol. The van der Waals surface area contributed by atoms with Crippen LogP contribution >= 0.6 is 11.6 Å². The predicted octanol–water partition coefficient (Wildman–Crippen LogP) is 0.00212. The largest absolute Gasteiger partial charge is 1.00 e. The molecule has 148 valence electrons. The van der Waals surface area contributed by atoms with Gasteiger partial charge in [-0.2, -0.15) is 0 Å². The molecule has 3 aromatic rings. The number of primary amides is 1. The Hall–Kier alpha value is -1.83. The van der Waals surface area contributed by atoms with Crippen LogP contribution in [0.4, 0.5) is 0 Å². The van der Waals surface area contributed by atoms with E-state index in [1.807, 2.05) is 35.8 Å². The first-order valence-electron chi connectivity index (χ1n) is 8.72. The minimum atomic E-state index is -1.46. The maximum atomic E-state index is 11.9. The van der Waals surface area contributed by atoms with Crippen molar-refractivity contribution in [3.05, 3.63) is 69.9 Å². The van der Waals surface area contributed by atoms with E-state index in [4.69, 9.17) is 17.3 Å². The number of aromatic nitrogens is 1. The van der Waals surface area contributed by atoms with Crippen molar-refractivity contribution < 1.29 is 50.4 Å². The summed E-state index contributed by atoms with van der Waals surface area (Å²) in [6.07, 6.45) is -1.46. The van der Waals surface area contributed by atoms with Crippen LogP contribution in [-0.4, -0.2) is 28.7 Å². The van der Waals surface area contributed by atoms with Crippen LogP contribution in [0.5, 0.6) is 0 Å². The summed E-state index contributed by atoms with van der Waals surface area (Å²) in [5.74, 6) is -1.26. The summed E-state index contributed by atoms with van der Waals surface area (Å²) in [6.45, 7) is 2.40. The molecule has 6 nitrogen and oxygen atoms in total. The van der Waals surface area contributed by atoms with Crippen LogP contribution in [0, 0.1) is 6.92 Å². The van der Waals surface area contributed by atoms with E-state index in [-0.39, 0.29) is 37.4 Å². The van der Waals surface area contributed by atoms with E-state index in [0.717, 1.165) is 16.8 Å². The number of nitrogens with zero attached hydrogens (tertiary/aromatic N) is 1. The van der Waals surface area contributed by atoms with Crippen molar-refractivity contribution in [3.8, 4) is 0 Å². The molecule has 0 bridgehead atoms. The zero-order valence-electron chi connectivity index (χ0n) is 17.6. The van der Waals surface area contributed by atoms with E-state index in [2.05, 4.69) is 4.74 Å². The second-order valence-electron chi connectivity index (χ2n) is 6.59. The van der Waals surface area contributed by atoms with Crippen LogP contribution in [0.2, 0.25) is 5.02 Å². The molecule has 0 radical (unpaired) electrons. The zero-order valence-corrected chi connectivity index (χ0v) is 19.4. The number of ether oxygens (including phenoxy) is 1. The molecule has 1 aromatic heterocycles. The number of esters is 1. The molecular weight excluding hydrogens is 403 g/mol. The molecule has 29 heavy (non-hydrogen) atoms. The van der Waals surface area contributed by atoms with Crippen molar-refractivity contribution >= 4 is 34.4 Å². The fourth-order valence-corrected chi connectivity index (χ4v) is 3.73. The molecule has 1 heterocycles. The second-order valence-corrected chi connectivity index (χ2v) is 7.03. The molecular formula is C21H22ClN2NaO4. The van der Waals surface area contributed by atoms with Gasteiger partial charge in [-0.25, -0.2) is 4.79 Å². The summed E-state index contributed by atoms with van der Waals surface area (Å²) in [6, 6.07) is 12.8. The van der Waals surface area contributed by atoms with Gasteiger partial charge in [-0.1, -0.05) is 35.9 Å². The number of rotatable bonds is 6. The number of aliphatic hydroxyl groups is 1. The van der Waals surface area contributed by atoms with Crippen LogP contribution in [0.3, 0.4) is 0 Å². The fourth-order valence-electron chi connectivity index (χ4n) is 3.51. The Morgan fingerprint density at radius 2 is 1.97 bits per heavy atom. The number of hydrogen-bond donors (Lipinski definition) is 2. The van der Waals surface area contributed by atoms with Gasteiger partial charge >= 0.3 is 35.5 Å². The van der Waals surface area contributed by atoms with Gasteiger partial charge in [0.1, 0.15) is 0 Å². The van der Waals surface area contributed by atoms with Gasteiger partial charge < -0.3 is 21.6 Å². The minimum absolute atomic E-state index is 0. The third-order valence-corrected chi connectivity index (χ3v) is 5.04. The number of aliphatic hydroxyl groups excluding tert-OH is 1. The Morgan fingerprint density at radius 1 is 1.28 bits per heavy atom. The van der Waals surface area contributed by atoms with Crippen LogP contribution in [0.15, 0.2) is 42.5 Å². The summed E-state index contributed by atoms with van der Waals surface area (Å²) in [4.78, 5) is 23.6. The van der Waals surface area contributed by atoms with Gasteiger partial charge in [-0.15, -0.1) is 0 Å². The SMILES string of the molecule is COC(=O)C(O)c1cccc2c1c(CC(N)=O)c(C)n2Cc1cccc(Cl)c1.[H-].[Na+]. The smallest absolute Gasteiger partial charge is 1.00 e. The van der Waals surface area contributed by atoms with Crippen molar-refractivity contribution in [1.82, 2.24) is 4.57 Å². The molecule has 0 aliphatic carbocycles. The first-order valence-corrected chi connectivity index (χ1v) is 9.10. The Morgan fingerprint density at radius 3 is 2.59 bits per heavy atom. The number of amides is 1. The molecule has 3 N–H and O–H groups in total. The van der Waals surface area contributed by atoms with Crippen LogP contribution in [-0.2, 0) is 27.3 Å². The van der Waals surface area contributed by atoms with Crippen molar-refractivity contribution in [1.29, 1.82) is 0 Å². The molecule has 0 fully saturated rings. The van der Waals surface area contributed by atoms with Gasteiger partial charge in [0.15, 0.2) is 6.10 Å². The molecule has 2 aromatic carbocycles. The van der Waals surface area contributed by atoms with Crippen LogP contribution < -0.4 is 35.3 Å². The molecule has 0 aliphatic rings. The molecule has 1 amide bonds. The molecule has 1 unspecified atom stereocenters. The Kier molecular flexibility index (Phi) is 7.91. The number of carbonyl (C=O) groups is 2. The Balaban J connectivity index is 0.00000225. The number of carbonyl (C=O) groups excluding carboxylic acids is 2. The van der Waals surface area contributed by atoms with E-state index in [1.165, 1.54) is 7.11 Å². The number of benzene rings is 2. The van der Waals surface area contributed by atoms with Crippen molar-refractivity contribution in [2.24, 2.45) is 5.73 Å². The number of nitrogens with two attached hydrogens (primary N) is 1. The average Bonchev–Trinajstić information content (AvgIpc) is 2.92. The number of fused-ring (bicyclic) bond motifs is 1. The van der Waals surface area contributed by atoms with Crippen molar-refractivity contribution in [3.63, 3.8) is 0 Å². The first-order chi connectivity index (χ1) is 13.3. The predicted molar refractivity (Wildman–Crippen MR) is 108 cm³/mol. The van der Waals surface area contributed by atoms with E-state index in [0.29, 0.717) is 28.1 Å². The normalized spacial score (nSPS) is 11.7. The third kappa shape index (κ3) is 4.85. The molecule has 0 aliphatic heterocycles. The monoisotopic (exact) mass is 424 g/mol. The summed E-state index contributed by atoms with van der Waals surface area (Å²) in [5, 5.41) is 11.7. The number of methoxy groups -OCH3 is 1. The quantitative estimate of drug-likeness (QED) is 0.430. The minimum Gasteiger partial charge on any atom is -1.00 e. The summed E-state index contributed by atoms with van der Waals surface area (Å²) < 4.78 is 6.70.